The van der Waals surface area contributed by atoms with Crippen molar-refractivity contribution < 1.29 is 13.2 Å². The number of rotatable bonds is 10. The number of nitrogens with zero attached hydrogens (tertiary/aromatic N) is 1. The molecule has 38 heavy (non-hydrogen) atoms. The third kappa shape index (κ3) is 6.92. The zero-order chi connectivity index (χ0) is 27.1. The Hall–Kier alpha value is -3.39. The molecule has 1 N–H and O–H groups in total. The van der Waals surface area contributed by atoms with Gasteiger partial charge in [0.25, 0.3) is 0 Å². The van der Waals surface area contributed by atoms with Crippen LogP contribution >= 0.6 is 11.8 Å². The number of benzene rings is 4. The molecule has 196 valence electrons. The fourth-order valence-corrected chi connectivity index (χ4v) is 7.24. The first kappa shape index (κ1) is 27.6. The molecule has 1 amide bonds. The minimum atomic E-state index is -3.93. The summed E-state index contributed by atoms with van der Waals surface area (Å²) in [5, 5.41) is 2.96. The molecule has 4 aromatic rings. The molecule has 4 rings (SSSR count). The van der Waals surface area contributed by atoms with Crippen molar-refractivity contribution in [3.05, 3.63) is 119 Å². The van der Waals surface area contributed by atoms with Crippen molar-refractivity contribution in [2.75, 3.05) is 18.4 Å². The van der Waals surface area contributed by atoms with E-state index in [1.165, 1.54) is 4.31 Å². The van der Waals surface area contributed by atoms with E-state index in [0.717, 1.165) is 20.9 Å². The number of anilines is 1. The van der Waals surface area contributed by atoms with Crippen LogP contribution in [0.2, 0.25) is 0 Å². The Morgan fingerprint density at radius 1 is 0.816 bits per heavy atom. The van der Waals surface area contributed by atoms with Gasteiger partial charge in [-0.2, -0.15) is 4.31 Å². The Bertz CT molecular complexity index is 1480. The third-order valence-electron chi connectivity index (χ3n) is 6.15. The first-order valence-corrected chi connectivity index (χ1v) is 14.7. The van der Waals surface area contributed by atoms with E-state index in [-0.39, 0.29) is 23.9 Å². The predicted octanol–water partition coefficient (Wildman–Crippen LogP) is 6.64. The summed E-state index contributed by atoms with van der Waals surface area (Å²) in [6.45, 7) is 5.46. The summed E-state index contributed by atoms with van der Waals surface area (Å²) < 4.78 is 29.2. The highest BCUT2D eigenvalue weighted by Gasteiger charge is 2.29. The van der Waals surface area contributed by atoms with Crippen molar-refractivity contribution in [2.45, 2.75) is 41.9 Å². The van der Waals surface area contributed by atoms with Crippen LogP contribution in [-0.2, 0) is 21.2 Å². The van der Waals surface area contributed by atoms with Crippen LogP contribution in [0.1, 0.15) is 22.3 Å². The lowest BCUT2D eigenvalue weighted by Crippen LogP contribution is -2.40. The van der Waals surface area contributed by atoms with Gasteiger partial charge in [0.15, 0.2) is 0 Å². The Kier molecular flexibility index (Phi) is 9.05. The highest BCUT2D eigenvalue weighted by atomic mass is 32.2. The monoisotopic (exact) mass is 544 g/mol. The number of amides is 1. The number of aryl methyl sites for hydroxylation is 3. The quantitative estimate of drug-likeness (QED) is 0.243. The van der Waals surface area contributed by atoms with Crippen LogP contribution < -0.4 is 5.32 Å². The molecule has 0 atom stereocenters. The Balaban J connectivity index is 1.59. The molecule has 0 heterocycles. The smallest absolute Gasteiger partial charge is 0.244 e. The van der Waals surface area contributed by atoms with Crippen molar-refractivity contribution >= 4 is 33.4 Å². The fraction of sp³-hybridized carbons (Fsp3) is 0.194. The van der Waals surface area contributed by atoms with Crippen LogP contribution in [-0.4, -0.2) is 31.7 Å². The molecule has 0 unspecified atom stereocenters. The minimum Gasteiger partial charge on any atom is -0.324 e. The largest absolute Gasteiger partial charge is 0.324 e. The van der Waals surface area contributed by atoms with Gasteiger partial charge < -0.3 is 5.32 Å². The van der Waals surface area contributed by atoms with Crippen molar-refractivity contribution in [1.29, 1.82) is 0 Å². The highest BCUT2D eigenvalue weighted by Crippen LogP contribution is 2.33. The van der Waals surface area contributed by atoms with E-state index in [1.54, 1.807) is 25.6 Å². The van der Waals surface area contributed by atoms with Crippen LogP contribution in [0.25, 0.3) is 0 Å². The summed E-state index contributed by atoms with van der Waals surface area (Å²) in [7, 11) is -3.93. The summed E-state index contributed by atoms with van der Waals surface area (Å²) in [6, 6.07) is 30.9. The van der Waals surface area contributed by atoms with Crippen molar-refractivity contribution in [3.63, 3.8) is 0 Å². The van der Waals surface area contributed by atoms with Gasteiger partial charge in [-0.25, -0.2) is 8.42 Å². The van der Waals surface area contributed by atoms with Gasteiger partial charge >= 0.3 is 0 Å². The first-order valence-electron chi connectivity index (χ1n) is 12.5. The third-order valence-corrected chi connectivity index (χ3v) is 9.38. The van der Waals surface area contributed by atoms with E-state index in [0.29, 0.717) is 23.2 Å². The molecular weight excluding hydrogens is 512 g/mol. The molecule has 0 saturated carbocycles. The molecule has 0 aromatic heterocycles. The SMILES string of the molecule is Cc1cc(C)c(S(=O)(=O)N(CCc2ccccc2)CC(=O)Nc2ccccc2Sc2ccccc2)c(C)c1. The Morgan fingerprint density at radius 3 is 2.05 bits per heavy atom. The maximum absolute atomic E-state index is 13.9. The predicted molar refractivity (Wildman–Crippen MR) is 155 cm³/mol. The van der Waals surface area contributed by atoms with E-state index < -0.39 is 10.0 Å². The summed E-state index contributed by atoms with van der Waals surface area (Å²) in [5.74, 6) is -0.384. The molecule has 0 bridgehead atoms. The molecule has 5 nitrogen and oxygen atoms in total. The zero-order valence-electron chi connectivity index (χ0n) is 21.8. The molecular formula is C31H32N2O3S2. The van der Waals surface area contributed by atoms with E-state index >= 15 is 0 Å². The maximum Gasteiger partial charge on any atom is 0.244 e. The van der Waals surface area contributed by atoms with Gasteiger partial charge in [-0.1, -0.05) is 90.1 Å². The van der Waals surface area contributed by atoms with E-state index in [4.69, 9.17) is 0 Å². The fourth-order valence-electron chi connectivity index (χ4n) is 4.51. The van der Waals surface area contributed by atoms with Crippen LogP contribution in [0, 0.1) is 20.8 Å². The molecule has 0 aliphatic carbocycles. The highest BCUT2D eigenvalue weighted by molar-refractivity contribution is 7.99. The molecule has 7 heteroatoms. The van der Waals surface area contributed by atoms with E-state index in [9.17, 15) is 13.2 Å². The molecule has 4 aromatic carbocycles. The lowest BCUT2D eigenvalue weighted by molar-refractivity contribution is -0.116. The Morgan fingerprint density at radius 2 is 1.39 bits per heavy atom. The molecule has 0 radical (unpaired) electrons. The second kappa shape index (κ2) is 12.4. The summed E-state index contributed by atoms with van der Waals surface area (Å²) in [5.41, 5.74) is 4.01. The molecule has 0 aliphatic heterocycles. The maximum atomic E-state index is 13.9. The molecule has 0 spiro atoms. The number of carbonyl (C=O) groups excluding carboxylic acids is 1. The lowest BCUT2D eigenvalue weighted by atomic mass is 10.1. The Labute approximate surface area is 230 Å². The van der Waals surface area contributed by atoms with Crippen molar-refractivity contribution in [1.82, 2.24) is 4.31 Å². The zero-order valence-corrected chi connectivity index (χ0v) is 23.5. The van der Waals surface area contributed by atoms with Crippen LogP contribution in [0.3, 0.4) is 0 Å². The van der Waals surface area contributed by atoms with Gasteiger partial charge in [0.1, 0.15) is 0 Å². The second-order valence-corrected chi connectivity index (χ2v) is 12.3. The van der Waals surface area contributed by atoms with Gasteiger partial charge in [0, 0.05) is 16.3 Å². The van der Waals surface area contributed by atoms with Crippen molar-refractivity contribution in [2.24, 2.45) is 0 Å². The van der Waals surface area contributed by atoms with E-state index in [2.05, 4.69) is 5.32 Å². The second-order valence-electron chi connectivity index (χ2n) is 9.26. The average Bonchev–Trinajstić information content (AvgIpc) is 2.88. The molecule has 0 saturated heterocycles. The van der Waals surface area contributed by atoms with E-state index in [1.807, 2.05) is 104 Å². The molecule has 0 aliphatic rings. The number of hydrogen-bond acceptors (Lipinski definition) is 4. The molecule has 0 fully saturated rings. The van der Waals surface area contributed by atoms with Gasteiger partial charge in [-0.15, -0.1) is 0 Å². The summed E-state index contributed by atoms with van der Waals surface area (Å²) >= 11 is 1.54. The van der Waals surface area contributed by atoms with Crippen LogP contribution in [0.4, 0.5) is 5.69 Å². The average molecular weight is 545 g/mol. The topological polar surface area (TPSA) is 66.5 Å². The number of nitrogens with one attached hydrogen (secondary N) is 1. The van der Waals surface area contributed by atoms with Crippen LogP contribution in [0.15, 0.2) is 112 Å². The minimum absolute atomic E-state index is 0.187. The van der Waals surface area contributed by atoms with Gasteiger partial charge in [0.05, 0.1) is 17.1 Å². The standard InChI is InChI=1S/C31H32N2O3S2/c1-23-20-24(2)31(25(3)21-23)38(35,36)33(19-18-26-12-6-4-7-13-26)22-30(34)32-28-16-10-11-17-29(28)37-27-14-8-5-9-15-27/h4-17,20-21H,18-19,22H2,1-3H3,(H,32,34). The number of hydrogen-bond donors (Lipinski definition) is 1. The van der Waals surface area contributed by atoms with Crippen LogP contribution in [0.5, 0.6) is 0 Å². The van der Waals surface area contributed by atoms with Gasteiger partial charge in [0.2, 0.25) is 15.9 Å². The number of para-hydroxylation sites is 1. The van der Waals surface area contributed by atoms with Gasteiger partial charge in [-0.3, -0.25) is 4.79 Å². The number of sulfonamides is 1. The summed E-state index contributed by atoms with van der Waals surface area (Å²) in [6.07, 6.45) is 0.498. The van der Waals surface area contributed by atoms with Gasteiger partial charge in [-0.05, 0) is 68.1 Å². The first-order chi connectivity index (χ1) is 18.2. The normalized spacial score (nSPS) is 11.5. The number of carbonyl (C=O) groups is 1. The summed E-state index contributed by atoms with van der Waals surface area (Å²) in [4.78, 5) is 15.5. The lowest BCUT2D eigenvalue weighted by Gasteiger charge is -2.24. The van der Waals surface area contributed by atoms with Crippen molar-refractivity contribution in [3.8, 4) is 0 Å².